The molecule has 1 unspecified atom stereocenters. The van der Waals surface area contributed by atoms with Gasteiger partial charge in [-0.05, 0) is 42.3 Å². The molecule has 3 heterocycles. The van der Waals surface area contributed by atoms with Gasteiger partial charge in [-0.2, -0.15) is 4.39 Å². The minimum Gasteiger partial charge on any atom is -0.369 e. The summed E-state index contributed by atoms with van der Waals surface area (Å²) in [4.78, 5) is 36.5. The van der Waals surface area contributed by atoms with Crippen molar-refractivity contribution in [3.05, 3.63) is 65.9 Å². The molecule has 1 amide bonds. The minimum atomic E-state index is -1.33. The van der Waals surface area contributed by atoms with Gasteiger partial charge >= 0.3 is 0 Å². The first-order valence-electron chi connectivity index (χ1n) is 9.69. The molecule has 30 heavy (non-hydrogen) atoms. The number of aldehydes is 1. The van der Waals surface area contributed by atoms with Gasteiger partial charge in [0.1, 0.15) is 0 Å². The van der Waals surface area contributed by atoms with Gasteiger partial charge < -0.3 is 10.6 Å². The largest absolute Gasteiger partial charge is 0.369 e. The van der Waals surface area contributed by atoms with Crippen LogP contribution in [0.25, 0.3) is 11.1 Å². The van der Waals surface area contributed by atoms with Crippen molar-refractivity contribution < 1.29 is 14.0 Å². The number of rotatable bonds is 5. The molecule has 0 fully saturated rings. The highest BCUT2D eigenvalue weighted by atomic mass is 19.1. The van der Waals surface area contributed by atoms with E-state index in [2.05, 4.69) is 9.98 Å². The van der Waals surface area contributed by atoms with E-state index in [1.807, 2.05) is 11.8 Å². The number of amides is 1. The molecule has 2 aromatic rings. The normalized spacial score (nSPS) is 23.6. The van der Waals surface area contributed by atoms with Crippen LogP contribution >= 0.6 is 0 Å². The Morgan fingerprint density at radius 1 is 1.33 bits per heavy atom. The van der Waals surface area contributed by atoms with E-state index < -0.39 is 17.4 Å². The van der Waals surface area contributed by atoms with Crippen LogP contribution < -0.4 is 5.73 Å². The molecule has 0 saturated carbocycles. The minimum absolute atomic E-state index is 0.106. The number of halogens is 1. The van der Waals surface area contributed by atoms with Gasteiger partial charge in [0.15, 0.2) is 17.8 Å². The lowest BCUT2D eigenvalue weighted by atomic mass is 9.77. The fraction of sp³-hybridized carbons (Fsp3) is 0.273. The molecule has 8 heteroatoms. The Morgan fingerprint density at radius 2 is 2.13 bits per heavy atom. The van der Waals surface area contributed by atoms with E-state index in [0.29, 0.717) is 35.5 Å². The van der Waals surface area contributed by atoms with Crippen molar-refractivity contribution in [1.82, 2.24) is 14.8 Å². The third-order valence-corrected chi connectivity index (χ3v) is 5.83. The highest BCUT2D eigenvalue weighted by Crippen LogP contribution is 2.44. The monoisotopic (exact) mass is 407 g/mol. The number of aliphatic imine (C=N–C) groups is 1. The topological polar surface area (TPSA) is 91.9 Å². The Hall–Kier alpha value is -3.55. The highest BCUT2D eigenvalue weighted by molar-refractivity contribution is 6.07. The van der Waals surface area contributed by atoms with Crippen molar-refractivity contribution in [2.75, 3.05) is 20.1 Å². The molecule has 1 aromatic carbocycles. The molecule has 1 aromatic heterocycles. The molecule has 2 N–H and O–H groups in total. The van der Waals surface area contributed by atoms with Crippen LogP contribution in [0.2, 0.25) is 0 Å². The molecule has 0 bridgehead atoms. The van der Waals surface area contributed by atoms with Crippen LogP contribution in [-0.4, -0.2) is 53.1 Å². The third kappa shape index (κ3) is 2.87. The summed E-state index contributed by atoms with van der Waals surface area (Å²) in [7, 11) is 1.57. The van der Waals surface area contributed by atoms with Gasteiger partial charge in [0.2, 0.25) is 5.95 Å². The molecule has 154 valence electrons. The Bertz CT molecular complexity index is 1080. The maximum absolute atomic E-state index is 14.3. The number of carbonyl (C=O) groups excluding carboxylic acids is 2. The van der Waals surface area contributed by atoms with Crippen LogP contribution in [0.15, 0.2) is 59.4 Å². The van der Waals surface area contributed by atoms with Gasteiger partial charge in [-0.3, -0.25) is 14.5 Å². The molecule has 0 radical (unpaired) electrons. The predicted molar refractivity (Wildman–Crippen MR) is 111 cm³/mol. The summed E-state index contributed by atoms with van der Waals surface area (Å²) < 4.78 is 14.3. The number of nitrogens with zero attached hydrogens (tertiary/aromatic N) is 4. The molecule has 0 spiro atoms. The Kier molecular flexibility index (Phi) is 4.85. The second-order valence-electron chi connectivity index (χ2n) is 7.38. The van der Waals surface area contributed by atoms with E-state index in [4.69, 9.17) is 5.73 Å². The number of nitrogens with two attached hydrogens (primary N) is 1. The fourth-order valence-corrected chi connectivity index (χ4v) is 4.22. The van der Waals surface area contributed by atoms with Crippen LogP contribution in [0.1, 0.15) is 12.5 Å². The van der Waals surface area contributed by atoms with E-state index in [9.17, 15) is 14.0 Å². The lowest BCUT2D eigenvalue weighted by Gasteiger charge is -2.31. The van der Waals surface area contributed by atoms with E-state index in [0.717, 1.165) is 6.29 Å². The van der Waals surface area contributed by atoms with Crippen LogP contribution in [0.5, 0.6) is 0 Å². The van der Waals surface area contributed by atoms with Gasteiger partial charge in [0.25, 0.3) is 5.91 Å². The first kappa shape index (κ1) is 19.8. The SMILES string of the molecule is CCN1CC([C@]2(c3cccc(-c4cccnc4F)c3)N=C(N)N(C)C2=O)C=C1C=O. The van der Waals surface area contributed by atoms with Crippen molar-refractivity contribution in [1.29, 1.82) is 0 Å². The summed E-state index contributed by atoms with van der Waals surface area (Å²) in [5, 5.41) is 0. The zero-order valence-electron chi connectivity index (χ0n) is 16.7. The summed E-state index contributed by atoms with van der Waals surface area (Å²) in [6, 6.07) is 10.3. The summed E-state index contributed by atoms with van der Waals surface area (Å²) in [6.07, 6.45) is 3.95. The summed E-state index contributed by atoms with van der Waals surface area (Å²) in [6.45, 7) is 3.02. The van der Waals surface area contributed by atoms with Crippen molar-refractivity contribution in [3.63, 3.8) is 0 Å². The van der Waals surface area contributed by atoms with Gasteiger partial charge in [-0.15, -0.1) is 0 Å². The molecule has 0 aliphatic carbocycles. The first-order valence-corrected chi connectivity index (χ1v) is 9.69. The standard InChI is InChI=1S/C22H22FN5O2/c1-3-28-12-16(11-17(28)13-29)22(20(30)27(2)21(24)26-22)15-7-4-6-14(10-15)18-8-5-9-25-19(18)23/h4-11,13,16H,3,12H2,1-2H3,(H2,24,26)/t16?,22-/m0/s1. The van der Waals surface area contributed by atoms with Crippen molar-refractivity contribution >= 4 is 18.2 Å². The van der Waals surface area contributed by atoms with Crippen molar-refractivity contribution in [3.8, 4) is 11.1 Å². The lowest BCUT2D eigenvalue weighted by molar-refractivity contribution is -0.132. The molecule has 2 aliphatic heterocycles. The number of aromatic nitrogens is 1. The number of guanidine groups is 1. The summed E-state index contributed by atoms with van der Waals surface area (Å²) in [5.74, 6) is -1.17. The maximum atomic E-state index is 14.3. The van der Waals surface area contributed by atoms with Gasteiger partial charge in [-0.25, -0.2) is 9.98 Å². The average molecular weight is 407 g/mol. The first-order chi connectivity index (χ1) is 14.4. The van der Waals surface area contributed by atoms with E-state index in [1.54, 1.807) is 49.5 Å². The molecule has 7 nitrogen and oxygen atoms in total. The second kappa shape index (κ2) is 7.37. The Balaban J connectivity index is 1.89. The number of pyridine rings is 1. The number of hydrogen-bond acceptors (Lipinski definition) is 6. The average Bonchev–Trinajstić information content (AvgIpc) is 3.29. The highest BCUT2D eigenvalue weighted by Gasteiger charge is 2.54. The van der Waals surface area contributed by atoms with E-state index in [-0.39, 0.29) is 11.9 Å². The smallest absolute Gasteiger partial charge is 0.262 e. The van der Waals surface area contributed by atoms with Crippen LogP contribution in [-0.2, 0) is 15.1 Å². The number of allylic oxidation sites excluding steroid dienone is 1. The molecule has 2 aliphatic rings. The van der Waals surface area contributed by atoms with Gasteiger partial charge in [0.05, 0.1) is 5.70 Å². The zero-order chi connectivity index (χ0) is 21.5. The maximum Gasteiger partial charge on any atom is 0.262 e. The molecular weight excluding hydrogens is 385 g/mol. The van der Waals surface area contributed by atoms with Gasteiger partial charge in [0, 0.05) is 37.8 Å². The van der Waals surface area contributed by atoms with Gasteiger partial charge in [-0.1, -0.05) is 18.2 Å². The quantitative estimate of drug-likeness (QED) is 0.604. The third-order valence-electron chi connectivity index (χ3n) is 5.83. The van der Waals surface area contributed by atoms with Crippen LogP contribution in [0.4, 0.5) is 4.39 Å². The molecule has 2 atom stereocenters. The van der Waals surface area contributed by atoms with E-state index in [1.165, 1.54) is 11.1 Å². The Morgan fingerprint density at radius 3 is 2.73 bits per heavy atom. The summed E-state index contributed by atoms with van der Waals surface area (Å²) >= 11 is 0. The van der Waals surface area contributed by atoms with E-state index >= 15 is 0 Å². The van der Waals surface area contributed by atoms with Crippen LogP contribution in [0.3, 0.4) is 0 Å². The van der Waals surface area contributed by atoms with Crippen molar-refractivity contribution in [2.45, 2.75) is 12.5 Å². The number of hydrogen-bond donors (Lipinski definition) is 1. The lowest BCUT2D eigenvalue weighted by Crippen LogP contribution is -2.45. The fourth-order valence-electron chi connectivity index (χ4n) is 4.22. The number of likely N-dealkylation sites (N-methyl/N-ethyl adjacent to an activating group) is 2. The Labute approximate surface area is 173 Å². The van der Waals surface area contributed by atoms with Crippen LogP contribution in [0, 0.1) is 11.9 Å². The second-order valence-corrected chi connectivity index (χ2v) is 7.38. The number of benzene rings is 1. The summed E-state index contributed by atoms with van der Waals surface area (Å²) in [5.41, 5.74) is 6.73. The van der Waals surface area contributed by atoms with Crippen molar-refractivity contribution in [2.24, 2.45) is 16.6 Å². The predicted octanol–water partition coefficient (Wildman–Crippen LogP) is 1.90. The zero-order valence-corrected chi connectivity index (χ0v) is 16.7. The molecular formula is C22H22FN5O2. The molecule has 4 rings (SSSR count). The molecule has 0 saturated heterocycles. The number of carbonyl (C=O) groups is 2.